The number of fused-ring (bicyclic) bond motifs is 2. The van der Waals surface area contributed by atoms with E-state index in [-0.39, 0.29) is 5.91 Å². The number of rotatable bonds is 3. The summed E-state index contributed by atoms with van der Waals surface area (Å²) < 4.78 is 0. The first-order chi connectivity index (χ1) is 9.78. The Balaban J connectivity index is 1.59. The number of hydrogen-bond donors (Lipinski definition) is 0. The minimum atomic E-state index is 0.270. The molecular weight excluding hydrogens is 248 g/mol. The third-order valence-electron chi connectivity index (χ3n) is 4.31. The normalized spacial score (nSPS) is 23.6. The third kappa shape index (κ3) is 2.46. The summed E-state index contributed by atoms with van der Waals surface area (Å²) in [6, 6.07) is 10.4. The summed E-state index contributed by atoms with van der Waals surface area (Å²) in [6.07, 6.45) is 8.98. The summed E-state index contributed by atoms with van der Waals surface area (Å²) in [7, 11) is 0. The number of hydrogen-bond acceptors (Lipinski definition) is 2. The van der Waals surface area contributed by atoms with Gasteiger partial charge in [0, 0.05) is 12.5 Å². The first kappa shape index (κ1) is 12.9. The Morgan fingerprint density at radius 2 is 2.10 bits per heavy atom. The minimum absolute atomic E-state index is 0.270. The van der Waals surface area contributed by atoms with E-state index in [0.29, 0.717) is 24.1 Å². The summed E-state index contributed by atoms with van der Waals surface area (Å²) in [5, 5.41) is 8.76. The van der Waals surface area contributed by atoms with Crippen LogP contribution in [0, 0.1) is 11.3 Å². The topological polar surface area (TPSA) is 44.1 Å². The molecule has 1 aromatic carbocycles. The van der Waals surface area contributed by atoms with Crippen molar-refractivity contribution in [1.82, 2.24) is 4.90 Å². The molecule has 3 heteroatoms. The average molecular weight is 266 g/mol. The fourth-order valence-electron chi connectivity index (χ4n) is 3.24. The van der Waals surface area contributed by atoms with Crippen LogP contribution in [0.5, 0.6) is 0 Å². The second-order valence-electron chi connectivity index (χ2n) is 5.57. The Kier molecular flexibility index (Phi) is 3.56. The molecular formula is C17H18N2O. The van der Waals surface area contributed by atoms with E-state index in [1.807, 2.05) is 24.3 Å². The molecule has 2 bridgehead atoms. The summed E-state index contributed by atoms with van der Waals surface area (Å²) in [5.74, 6) is 0.270. The molecule has 2 aliphatic heterocycles. The molecule has 1 fully saturated rings. The van der Waals surface area contributed by atoms with Gasteiger partial charge in [0.2, 0.25) is 5.91 Å². The number of nitriles is 1. The number of nitrogens with zero attached hydrogens (tertiary/aromatic N) is 2. The van der Waals surface area contributed by atoms with Gasteiger partial charge in [-0.2, -0.15) is 5.26 Å². The van der Waals surface area contributed by atoms with Crippen LogP contribution in [0.1, 0.15) is 36.8 Å². The van der Waals surface area contributed by atoms with Gasteiger partial charge in [0.25, 0.3) is 0 Å². The molecule has 1 saturated heterocycles. The third-order valence-corrected chi connectivity index (χ3v) is 4.31. The van der Waals surface area contributed by atoms with Gasteiger partial charge in [-0.15, -0.1) is 0 Å². The number of benzene rings is 1. The van der Waals surface area contributed by atoms with Gasteiger partial charge in [-0.3, -0.25) is 4.79 Å². The number of carbonyl (C=O) groups excluding carboxylic acids is 1. The largest absolute Gasteiger partial charge is 0.333 e. The van der Waals surface area contributed by atoms with Crippen molar-refractivity contribution in [3.63, 3.8) is 0 Å². The van der Waals surface area contributed by atoms with E-state index in [4.69, 9.17) is 5.26 Å². The molecule has 102 valence electrons. The van der Waals surface area contributed by atoms with Gasteiger partial charge in [0.1, 0.15) is 0 Å². The highest BCUT2D eigenvalue weighted by Crippen LogP contribution is 2.32. The van der Waals surface area contributed by atoms with Crippen molar-refractivity contribution >= 4 is 5.91 Å². The van der Waals surface area contributed by atoms with Gasteiger partial charge in [0.05, 0.1) is 17.7 Å². The highest BCUT2D eigenvalue weighted by molar-refractivity contribution is 5.78. The molecule has 3 rings (SSSR count). The molecule has 0 radical (unpaired) electrons. The molecule has 2 unspecified atom stereocenters. The highest BCUT2D eigenvalue weighted by Gasteiger charge is 2.36. The van der Waals surface area contributed by atoms with Crippen LogP contribution in [-0.2, 0) is 11.2 Å². The molecule has 2 aliphatic rings. The molecule has 2 heterocycles. The quantitative estimate of drug-likeness (QED) is 0.790. The van der Waals surface area contributed by atoms with Crippen LogP contribution in [0.25, 0.3) is 0 Å². The SMILES string of the molecule is N#Cc1ccc(CCC(=O)N2C3C=CCC2CC3)cc1. The molecule has 1 amide bonds. The monoisotopic (exact) mass is 266 g/mol. The Hall–Kier alpha value is -2.08. The highest BCUT2D eigenvalue weighted by atomic mass is 16.2. The van der Waals surface area contributed by atoms with Crippen LogP contribution in [0.3, 0.4) is 0 Å². The molecule has 0 aromatic heterocycles. The summed E-state index contributed by atoms with van der Waals surface area (Å²) in [4.78, 5) is 14.5. The maximum atomic E-state index is 12.4. The fraction of sp³-hybridized carbons (Fsp3) is 0.412. The molecule has 0 spiro atoms. The van der Waals surface area contributed by atoms with Gasteiger partial charge in [-0.25, -0.2) is 0 Å². The number of amides is 1. The lowest BCUT2D eigenvalue weighted by atomic mass is 10.1. The Morgan fingerprint density at radius 3 is 2.80 bits per heavy atom. The summed E-state index contributed by atoms with van der Waals surface area (Å²) in [5.41, 5.74) is 1.79. The van der Waals surface area contributed by atoms with Crippen LogP contribution in [0.15, 0.2) is 36.4 Å². The van der Waals surface area contributed by atoms with E-state index in [1.54, 1.807) is 0 Å². The minimum Gasteiger partial charge on any atom is -0.333 e. The standard InChI is InChI=1S/C17H18N2O/c18-12-14-6-4-13(5-7-14)8-11-17(20)19-15-2-1-3-16(19)10-9-15/h1-2,4-7,15-16H,3,8-11H2. The molecule has 0 N–H and O–H groups in total. The average Bonchev–Trinajstić information content (AvgIpc) is 2.75. The molecule has 3 nitrogen and oxygen atoms in total. The molecule has 1 aromatic rings. The maximum absolute atomic E-state index is 12.4. The van der Waals surface area contributed by atoms with Crippen LogP contribution < -0.4 is 0 Å². The van der Waals surface area contributed by atoms with Crippen molar-refractivity contribution in [3.8, 4) is 6.07 Å². The van der Waals surface area contributed by atoms with Crippen molar-refractivity contribution in [2.24, 2.45) is 0 Å². The van der Waals surface area contributed by atoms with Crippen LogP contribution in [-0.4, -0.2) is 22.9 Å². The van der Waals surface area contributed by atoms with Crippen molar-refractivity contribution in [2.45, 2.75) is 44.2 Å². The van der Waals surface area contributed by atoms with Crippen LogP contribution in [0.2, 0.25) is 0 Å². The van der Waals surface area contributed by atoms with Gasteiger partial charge >= 0.3 is 0 Å². The van der Waals surface area contributed by atoms with Crippen LogP contribution >= 0.6 is 0 Å². The molecule has 0 saturated carbocycles. The van der Waals surface area contributed by atoms with E-state index >= 15 is 0 Å². The Labute approximate surface area is 119 Å². The van der Waals surface area contributed by atoms with Gasteiger partial charge in [0.15, 0.2) is 0 Å². The Bertz CT molecular complexity index is 568. The molecule has 2 atom stereocenters. The van der Waals surface area contributed by atoms with Gasteiger partial charge in [-0.1, -0.05) is 24.3 Å². The van der Waals surface area contributed by atoms with Crippen molar-refractivity contribution in [2.75, 3.05) is 0 Å². The zero-order chi connectivity index (χ0) is 13.9. The molecule has 20 heavy (non-hydrogen) atoms. The molecule has 0 aliphatic carbocycles. The second kappa shape index (κ2) is 5.50. The summed E-state index contributed by atoms with van der Waals surface area (Å²) >= 11 is 0. The van der Waals surface area contributed by atoms with E-state index < -0.39 is 0 Å². The zero-order valence-corrected chi connectivity index (χ0v) is 11.5. The van der Waals surface area contributed by atoms with Crippen molar-refractivity contribution < 1.29 is 4.79 Å². The zero-order valence-electron chi connectivity index (χ0n) is 11.5. The van der Waals surface area contributed by atoms with Crippen LogP contribution in [0.4, 0.5) is 0 Å². The van der Waals surface area contributed by atoms with E-state index in [9.17, 15) is 4.79 Å². The first-order valence-corrected chi connectivity index (χ1v) is 7.25. The van der Waals surface area contributed by atoms with Crippen molar-refractivity contribution in [1.29, 1.82) is 5.26 Å². The lowest BCUT2D eigenvalue weighted by Gasteiger charge is -2.31. The van der Waals surface area contributed by atoms with Gasteiger partial charge in [-0.05, 0) is 43.4 Å². The van der Waals surface area contributed by atoms with E-state index in [0.717, 1.165) is 31.2 Å². The predicted molar refractivity (Wildman–Crippen MR) is 76.9 cm³/mol. The smallest absolute Gasteiger partial charge is 0.223 e. The van der Waals surface area contributed by atoms with Gasteiger partial charge < -0.3 is 4.90 Å². The number of aryl methyl sites for hydroxylation is 1. The van der Waals surface area contributed by atoms with E-state index in [1.165, 1.54) is 0 Å². The van der Waals surface area contributed by atoms with Crippen molar-refractivity contribution in [3.05, 3.63) is 47.5 Å². The Morgan fingerprint density at radius 1 is 1.30 bits per heavy atom. The lowest BCUT2D eigenvalue weighted by molar-refractivity contribution is -0.133. The number of carbonyl (C=O) groups is 1. The fourth-order valence-corrected chi connectivity index (χ4v) is 3.24. The maximum Gasteiger partial charge on any atom is 0.223 e. The van der Waals surface area contributed by atoms with E-state index in [2.05, 4.69) is 23.1 Å². The summed E-state index contributed by atoms with van der Waals surface area (Å²) in [6.45, 7) is 0. The lowest BCUT2D eigenvalue weighted by Crippen LogP contribution is -2.42. The second-order valence-corrected chi connectivity index (χ2v) is 5.57. The first-order valence-electron chi connectivity index (χ1n) is 7.25. The predicted octanol–water partition coefficient (Wildman–Crippen LogP) is 2.81.